The summed E-state index contributed by atoms with van der Waals surface area (Å²) in [5.74, 6) is 0.923. The van der Waals surface area contributed by atoms with Crippen LogP contribution < -0.4 is 10.0 Å². The predicted molar refractivity (Wildman–Crippen MR) is 79.0 cm³/mol. The maximum Gasteiger partial charge on any atom is 0.265 e. The van der Waals surface area contributed by atoms with Crippen molar-refractivity contribution in [1.29, 1.82) is 0 Å². The first-order valence-electron chi connectivity index (χ1n) is 5.80. The number of nitrogens with zero attached hydrogens (tertiary/aromatic N) is 1. The van der Waals surface area contributed by atoms with E-state index in [0.29, 0.717) is 28.2 Å². The number of hydrogen-bond acceptors (Lipinski definition) is 5. The van der Waals surface area contributed by atoms with Crippen LogP contribution in [-0.2, 0) is 16.6 Å². The van der Waals surface area contributed by atoms with Crippen molar-refractivity contribution in [1.82, 2.24) is 10.3 Å². The molecule has 2 aromatic rings. The molecule has 0 aliphatic heterocycles. The number of rotatable bonds is 5. The van der Waals surface area contributed by atoms with Gasteiger partial charge >= 0.3 is 0 Å². The third-order valence-corrected chi connectivity index (χ3v) is 4.69. The molecular weight excluding hydrogens is 346 g/mol. The number of aromatic nitrogens is 1. The van der Waals surface area contributed by atoms with Crippen LogP contribution in [0.4, 0.5) is 5.69 Å². The lowest BCUT2D eigenvalue weighted by Gasteiger charge is -2.08. The molecular formula is C12H14BrN3O3S. The Morgan fingerprint density at radius 3 is 2.85 bits per heavy atom. The topological polar surface area (TPSA) is 84.2 Å². The zero-order valence-corrected chi connectivity index (χ0v) is 13.4. The van der Waals surface area contributed by atoms with Crippen molar-refractivity contribution in [3.63, 3.8) is 0 Å². The first-order chi connectivity index (χ1) is 9.44. The summed E-state index contributed by atoms with van der Waals surface area (Å²) >= 11 is 3.25. The highest BCUT2D eigenvalue weighted by Crippen LogP contribution is 2.26. The van der Waals surface area contributed by atoms with Gasteiger partial charge in [0.25, 0.3) is 10.0 Å². The average Bonchev–Trinajstić information content (AvgIpc) is 2.74. The van der Waals surface area contributed by atoms with Crippen LogP contribution in [0, 0.1) is 6.92 Å². The van der Waals surface area contributed by atoms with E-state index >= 15 is 0 Å². The number of sulfonamides is 1. The largest absolute Gasteiger partial charge is 0.464 e. The molecule has 2 aromatic heterocycles. The lowest BCUT2D eigenvalue weighted by molar-refractivity contribution is 0.466. The van der Waals surface area contributed by atoms with E-state index in [4.69, 9.17) is 4.42 Å². The van der Waals surface area contributed by atoms with Crippen molar-refractivity contribution in [3.8, 4) is 0 Å². The number of pyridine rings is 1. The Balaban J connectivity index is 2.33. The molecule has 0 saturated carbocycles. The highest BCUT2D eigenvalue weighted by atomic mass is 79.9. The summed E-state index contributed by atoms with van der Waals surface area (Å²) < 4.78 is 33.2. The van der Waals surface area contributed by atoms with Gasteiger partial charge in [-0.25, -0.2) is 8.42 Å². The Morgan fingerprint density at radius 2 is 2.20 bits per heavy atom. The van der Waals surface area contributed by atoms with Crippen LogP contribution in [0.15, 0.2) is 38.3 Å². The fraction of sp³-hybridized carbons (Fsp3) is 0.250. The number of halogens is 1. The Kier molecular flexibility index (Phi) is 4.46. The minimum absolute atomic E-state index is 0.131. The van der Waals surface area contributed by atoms with Gasteiger partial charge in [-0.05, 0) is 36.0 Å². The summed E-state index contributed by atoms with van der Waals surface area (Å²) in [6.45, 7) is 2.09. The fourth-order valence-corrected chi connectivity index (χ4v) is 3.47. The molecule has 6 nitrogen and oxygen atoms in total. The van der Waals surface area contributed by atoms with Crippen molar-refractivity contribution in [2.45, 2.75) is 18.4 Å². The molecule has 0 atom stereocenters. The van der Waals surface area contributed by atoms with Crippen LogP contribution in [0.2, 0.25) is 0 Å². The predicted octanol–water partition coefficient (Wildman–Crippen LogP) is 2.27. The smallest absolute Gasteiger partial charge is 0.265 e. The molecule has 0 fully saturated rings. The van der Waals surface area contributed by atoms with Gasteiger partial charge in [0, 0.05) is 18.5 Å². The molecule has 0 saturated heterocycles. The third kappa shape index (κ3) is 3.20. The Hall–Kier alpha value is -1.38. The molecule has 0 bridgehead atoms. The minimum atomic E-state index is -3.69. The molecule has 2 rings (SSSR count). The van der Waals surface area contributed by atoms with E-state index in [1.807, 2.05) is 0 Å². The van der Waals surface area contributed by atoms with E-state index in [1.54, 1.807) is 20.0 Å². The minimum Gasteiger partial charge on any atom is -0.464 e. The van der Waals surface area contributed by atoms with E-state index in [9.17, 15) is 8.42 Å². The quantitative estimate of drug-likeness (QED) is 0.855. The summed E-state index contributed by atoms with van der Waals surface area (Å²) in [5.41, 5.74) is 0.427. The van der Waals surface area contributed by atoms with Gasteiger partial charge in [-0.2, -0.15) is 0 Å². The van der Waals surface area contributed by atoms with Crippen molar-refractivity contribution < 1.29 is 12.8 Å². The summed E-state index contributed by atoms with van der Waals surface area (Å²) in [4.78, 5) is 4.02. The number of nitrogens with one attached hydrogen (secondary N) is 2. The molecule has 0 unspecified atom stereocenters. The van der Waals surface area contributed by atoms with Crippen LogP contribution >= 0.6 is 15.9 Å². The van der Waals surface area contributed by atoms with Crippen LogP contribution in [-0.4, -0.2) is 20.4 Å². The lowest BCUT2D eigenvalue weighted by Crippen LogP contribution is -2.13. The van der Waals surface area contributed by atoms with Crippen molar-refractivity contribution in [3.05, 3.63) is 40.5 Å². The Bertz CT molecular complexity index is 712. The first kappa shape index (κ1) is 15.0. The van der Waals surface area contributed by atoms with E-state index in [0.717, 1.165) is 0 Å². The van der Waals surface area contributed by atoms with Gasteiger partial charge in [0.2, 0.25) is 0 Å². The van der Waals surface area contributed by atoms with E-state index in [-0.39, 0.29) is 4.90 Å². The molecule has 0 amide bonds. The maximum absolute atomic E-state index is 12.4. The molecule has 20 heavy (non-hydrogen) atoms. The molecule has 108 valence electrons. The van der Waals surface area contributed by atoms with Gasteiger partial charge < -0.3 is 9.73 Å². The van der Waals surface area contributed by atoms with Gasteiger partial charge in [0.05, 0.1) is 16.7 Å². The summed E-state index contributed by atoms with van der Waals surface area (Å²) in [6, 6.07) is 3.09. The normalized spacial score (nSPS) is 11.6. The van der Waals surface area contributed by atoms with Gasteiger partial charge in [-0.1, -0.05) is 0 Å². The Morgan fingerprint density at radius 1 is 1.45 bits per heavy atom. The second kappa shape index (κ2) is 5.94. The molecule has 0 aromatic carbocycles. The molecule has 0 aliphatic carbocycles. The molecule has 2 N–H and O–H groups in total. The van der Waals surface area contributed by atoms with Gasteiger partial charge in [0.1, 0.15) is 16.4 Å². The fourth-order valence-electron chi connectivity index (χ4n) is 1.71. The number of anilines is 1. The zero-order valence-electron chi connectivity index (χ0n) is 11.0. The van der Waals surface area contributed by atoms with Crippen LogP contribution in [0.5, 0.6) is 0 Å². The first-order valence-corrected chi connectivity index (χ1v) is 8.08. The lowest BCUT2D eigenvalue weighted by atomic mass is 10.4. The van der Waals surface area contributed by atoms with Crippen molar-refractivity contribution in [2.24, 2.45) is 0 Å². The van der Waals surface area contributed by atoms with Gasteiger partial charge in [0.15, 0.2) is 0 Å². The standard InChI is InChI=1S/C12H14BrN3O3S/c1-8-12(5-9(19-8)6-14-2)20(17,18)16-11-3-4-15-7-10(11)13/h3-5,7,14H,6H2,1-2H3,(H,15,16). The van der Waals surface area contributed by atoms with E-state index in [2.05, 4.69) is 31.0 Å². The Labute approximate surface area is 125 Å². The third-order valence-electron chi connectivity index (χ3n) is 2.58. The number of furan rings is 1. The highest BCUT2D eigenvalue weighted by molar-refractivity contribution is 9.10. The molecule has 0 aliphatic rings. The van der Waals surface area contributed by atoms with Crippen LogP contribution in [0.1, 0.15) is 11.5 Å². The van der Waals surface area contributed by atoms with E-state index in [1.165, 1.54) is 18.5 Å². The second-order valence-corrected chi connectivity index (χ2v) is 6.63. The summed E-state index contributed by atoms with van der Waals surface area (Å²) in [6.07, 6.45) is 3.03. The zero-order chi connectivity index (χ0) is 14.8. The van der Waals surface area contributed by atoms with Crippen LogP contribution in [0.25, 0.3) is 0 Å². The van der Waals surface area contributed by atoms with Crippen molar-refractivity contribution >= 4 is 31.6 Å². The molecule has 2 heterocycles. The molecule has 8 heteroatoms. The molecule has 0 radical (unpaired) electrons. The van der Waals surface area contributed by atoms with Gasteiger partial charge in [-0.3, -0.25) is 9.71 Å². The maximum atomic E-state index is 12.4. The monoisotopic (exact) mass is 359 g/mol. The van der Waals surface area contributed by atoms with Crippen molar-refractivity contribution in [2.75, 3.05) is 11.8 Å². The average molecular weight is 360 g/mol. The molecule has 0 spiro atoms. The highest BCUT2D eigenvalue weighted by Gasteiger charge is 2.22. The van der Waals surface area contributed by atoms with Gasteiger partial charge in [-0.15, -0.1) is 0 Å². The van der Waals surface area contributed by atoms with E-state index < -0.39 is 10.0 Å². The second-order valence-electron chi connectivity index (χ2n) is 4.12. The number of hydrogen-bond donors (Lipinski definition) is 2. The SMILES string of the molecule is CNCc1cc(S(=O)(=O)Nc2ccncc2Br)c(C)o1. The summed E-state index contributed by atoms with van der Waals surface area (Å²) in [5, 5.41) is 2.91. The summed E-state index contributed by atoms with van der Waals surface area (Å²) in [7, 11) is -1.93. The number of aryl methyl sites for hydroxylation is 1. The van der Waals surface area contributed by atoms with Crippen LogP contribution in [0.3, 0.4) is 0 Å².